The van der Waals surface area contributed by atoms with Crippen LogP contribution in [0, 0.1) is 17.0 Å². The van der Waals surface area contributed by atoms with Crippen LogP contribution in [0.3, 0.4) is 0 Å². The minimum Gasteiger partial charge on any atom is -0.354 e. The first kappa shape index (κ1) is 17.6. The zero-order valence-corrected chi connectivity index (χ0v) is 14.5. The summed E-state index contributed by atoms with van der Waals surface area (Å²) in [5.41, 5.74) is -0.375. The molecule has 2 fully saturated rings. The van der Waals surface area contributed by atoms with Crippen molar-refractivity contribution in [3.8, 4) is 5.69 Å². The second kappa shape index (κ2) is 6.73. The Bertz CT molecular complexity index is 892. The van der Waals surface area contributed by atoms with Crippen molar-refractivity contribution in [2.24, 2.45) is 5.41 Å². The molecule has 142 valence electrons. The van der Waals surface area contributed by atoms with Gasteiger partial charge in [0.25, 0.3) is 5.91 Å². The number of rotatable bonds is 3. The number of piperidine rings is 1. The normalized spacial score (nSPS) is 21.3. The van der Waals surface area contributed by atoms with E-state index < -0.39 is 23.6 Å². The van der Waals surface area contributed by atoms with Crippen LogP contribution in [0.25, 0.3) is 5.69 Å². The molecule has 0 aliphatic carbocycles. The van der Waals surface area contributed by atoms with Crippen LogP contribution in [-0.4, -0.2) is 47.3 Å². The molecule has 27 heavy (non-hydrogen) atoms. The fraction of sp³-hybridized carbons (Fsp3) is 0.389. The molecule has 7 nitrogen and oxygen atoms in total. The third-order valence-corrected chi connectivity index (χ3v) is 5.34. The quantitative estimate of drug-likeness (QED) is 0.739. The van der Waals surface area contributed by atoms with Crippen molar-refractivity contribution in [2.75, 3.05) is 19.6 Å². The Labute approximate surface area is 154 Å². The summed E-state index contributed by atoms with van der Waals surface area (Å²) in [6.45, 7) is 2.10. The van der Waals surface area contributed by atoms with Gasteiger partial charge in [0.1, 0.15) is 23.4 Å². The minimum absolute atomic E-state index is 0.0300. The lowest BCUT2D eigenvalue weighted by molar-refractivity contribution is -0.121. The van der Waals surface area contributed by atoms with Gasteiger partial charge in [-0.15, -0.1) is 0 Å². The smallest absolute Gasteiger partial charge is 0.272 e. The average Bonchev–Trinajstić information content (AvgIpc) is 3.26. The van der Waals surface area contributed by atoms with Crippen molar-refractivity contribution in [2.45, 2.75) is 18.9 Å². The van der Waals surface area contributed by atoms with Gasteiger partial charge >= 0.3 is 0 Å². The summed E-state index contributed by atoms with van der Waals surface area (Å²) in [7, 11) is 0. The summed E-state index contributed by atoms with van der Waals surface area (Å²) in [4.78, 5) is 24.9. The van der Waals surface area contributed by atoms with Crippen LogP contribution < -0.4 is 16.0 Å². The van der Waals surface area contributed by atoms with Crippen molar-refractivity contribution in [3.63, 3.8) is 0 Å². The Kier molecular flexibility index (Phi) is 4.39. The molecule has 9 heteroatoms. The van der Waals surface area contributed by atoms with Gasteiger partial charge in [-0.05, 0) is 44.1 Å². The van der Waals surface area contributed by atoms with E-state index in [1.807, 2.05) is 0 Å². The summed E-state index contributed by atoms with van der Waals surface area (Å²) in [5, 5.41) is 12.9. The highest BCUT2D eigenvalue weighted by Gasteiger charge is 2.49. The van der Waals surface area contributed by atoms with Gasteiger partial charge in [0.2, 0.25) is 5.91 Å². The molecule has 2 aliphatic rings. The maximum absolute atomic E-state index is 13.9. The van der Waals surface area contributed by atoms with Gasteiger partial charge in [0.05, 0.1) is 0 Å². The number of aromatic nitrogens is 2. The molecule has 3 N–H and O–H groups in total. The first-order chi connectivity index (χ1) is 13.0. The molecule has 1 spiro atoms. The number of benzene rings is 1. The fourth-order valence-corrected chi connectivity index (χ4v) is 3.80. The summed E-state index contributed by atoms with van der Waals surface area (Å²) >= 11 is 0. The molecular weight excluding hydrogens is 356 g/mol. The van der Waals surface area contributed by atoms with Crippen LogP contribution in [0.15, 0.2) is 30.5 Å². The van der Waals surface area contributed by atoms with E-state index in [2.05, 4.69) is 21.0 Å². The first-order valence-electron chi connectivity index (χ1n) is 8.79. The van der Waals surface area contributed by atoms with Gasteiger partial charge in [-0.3, -0.25) is 9.59 Å². The Morgan fingerprint density at radius 3 is 2.81 bits per heavy atom. The highest BCUT2D eigenvalue weighted by molar-refractivity contribution is 5.97. The highest BCUT2D eigenvalue weighted by Crippen LogP contribution is 2.35. The molecule has 1 aromatic carbocycles. The first-order valence-corrected chi connectivity index (χ1v) is 8.79. The number of nitrogens with zero attached hydrogens (tertiary/aromatic N) is 2. The predicted molar refractivity (Wildman–Crippen MR) is 92.3 cm³/mol. The number of amides is 2. The molecule has 3 heterocycles. The van der Waals surface area contributed by atoms with E-state index in [-0.39, 0.29) is 22.7 Å². The lowest BCUT2D eigenvalue weighted by atomic mass is 9.75. The SMILES string of the molecule is O=C(NC1C(=O)NCC12CCNCC2)c1ccn(-c2cc(F)ccc2F)n1. The van der Waals surface area contributed by atoms with Crippen LogP contribution >= 0.6 is 0 Å². The third-order valence-electron chi connectivity index (χ3n) is 5.34. The average molecular weight is 375 g/mol. The van der Waals surface area contributed by atoms with E-state index in [4.69, 9.17) is 0 Å². The molecular formula is C18H19F2N5O2. The molecule has 0 saturated carbocycles. The Hall–Kier alpha value is -2.81. The van der Waals surface area contributed by atoms with Crippen molar-refractivity contribution in [1.29, 1.82) is 0 Å². The highest BCUT2D eigenvalue weighted by atomic mass is 19.1. The molecule has 0 radical (unpaired) electrons. The molecule has 2 aliphatic heterocycles. The molecule has 2 aromatic rings. The molecule has 1 atom stereocenters. The Morgan fingerprint density at radius 1 is 1.26 bits per heavy atom. The molecule has 0 bridgehead atoms. The summed E-state index contributed by atoms with van der Waals surface area (Å²) in [6, 6.07) is 3.77. The van der Waals surface area contributed by atoms with Crippen molar-refractivity contribution in [1.82, 2.24) is 25.7 Å². The lowest BCUT2D eigenvalue weighted by Gasteiger charge is -2.37. The van der Waals surface area contributed by atoms with Crippen molar-refractivity contribution < 1.29 is 18.4 Å². The molecule has 2 amide bonds. The van der Waals surface area contributed by atoms with E-state index >= 15 is 0 Å². The van der Waals surface area contributed by atoms with Crippen LogP contribution in [0.4, 0.5) is 8.78 Å². The topological polar surface area (TPSA) is 88.0 Å². The second-order valence-corrected chi connectivity index (χ2v) is 6.98. The predicted octanol–water partition coefficient (Wildman–Crippen LogP) is 0.748. The number of nitrogens with one attached hydrogen (secondary N) is 3. The largest absolute Gasteiger partial charge is 0.354 e. The van der Waals surface area contributed by atoms with Gasteiger partial charge in [0, 0.05) is 24.2 Å². The van der Waals surface area contributed by atoms with Crippen molar-refractivity contribution in [3.05, 3.63) is 47.8 Å². The number of carbonyl (C=O) groups is 2. The van der Waals surface area contributed by atoms with Gasteiger partial charge in [-0.1, -0.05) is 0 Å². The van der Waals surface area contributed by atoms with E-state index in [0.29, 0.717) is 6.54 Å². The van der Waals surface area contributed by atoms with Crippen LogP contribution in [-0.2, 0) is 4.79 Å². The molecule has 2 saturated heterocycles. The van der Waals surface area contributed by atoms with Crippen LogP contribution in [0.1, 0.15) is 23.3 Å². The van der Waals surface area contributed by atoms with Gasteiger partial charge in [-0.2, -0.15) is 5.10 Å². The standard InChI is InChI=1S/C18H19F2N5O2/c19-11-1-2-12(20)14(9-11)25-8-3-13(24-25)16(26)23-15-17(27)22-10-18(15)4-6-21-7-5-18/h1-3,8-9,15,21H,4-7,10H2,(H,22,27)(H,23,26). The number of carbonyl (C=O) groups excluding carboxylic acids is 2. The zero-order valence-electron chi connectivity index (χ0n) is 14.5. The van der Waals surface area contributed by atoms with Gasteiger partial charge in [-0.25, -0.2) is 13.5 Å². The molecule has 1 unspecified atom stereocenters. The second-order valence-electron chi connectivity index (χ2n) is 6.98. The summed E-state index contributed by atoms with van der Waals surface area (Å²) in [5.74, 6) is -2.00. The molecule has 1 aromatic heterocycles. The minimum atomic E-state index is -0.657. The van der Waals surface area contributed by atoms with Gasteiger partial charge in [0.15, 0.2) is 5.69 Å². The third kappa shape index (κ3) is 3.18. The number of hydrogen-bond donors (Lipinski definition) is 3. The lowest BCUT2D eigenvalue weighted by Crippen LogP contribution is -2.53. The van der Waals surface area contributed by atoms with E-state index in [0.717, 1.165) is 48.8 Å². The number of halogens is 2. The zero-order chi connectivity index (χ0) is 19.0. The van der Waals surface area contributed by atoms with E-state index in [1.165, 1.54) is 12.3 Å². The number of hydrogen-bond acceptors (Lipinski definition) is 4. The van der Waals surface area contributed by atoms with E-state index in [1.54, 1.807) is 0 Å². The Balaban J connectivity index is 1.54. The monoisotopic (exact) mass is 375 g/mol. The van der Waals surface area contributed by atoms with Crippen LogP contribution in [0.5, 0.6) is 0 Å². The van der Waals surface area contributed by atoms with E-state index in [9.17, 15) is 18.4 Å². The maximum Gasteiger partial charge on any atom is 0.272 e. The van der Waals surface area contributed by atoms with Crippen molar-refractivity contribution >= 4 is 11.8 Å². The van der Waals surface area contributed by atoms with Crippen LogP contribution in [0.2, 0.25) is 0 Å². The Morgan fingerprint density at radius 2 is 2.04 bits per heavy atom. The maximum atomic E-state index is 13.9. The summed E-state index contributed by atoms with van der Waals surface area (Å²) < 4.78 is 28.4. The fourth-order valence-electron chi connectivity index (χ4n) is 3.80. The summed E-state index contributed by atoms with van der Waals surface area (Å²) in [6.07, 6.45) is 2.93. The molecule has 4 rings (SSSR count). The van der Waals surface area contributed by atoms with Gasteiger partial charge < -0.3 is 16.0 Å².